The Labute approximate surface area is 161 Å². The SMILES string of the molecule is Cc1ccc(Nc2nn(CN(C)C3CCS(=O)(=O)C3)c(=S)s2)cc1Cl. The van der Waals surface area contributed by atoms with E-state index in [-0.39, 0.29) is 17.5 Å². The maximum absolute atomic E-state index is 11.6. The molecule has 1 atom stereocenters. The Morgan fingerprint density at radius 3 is 2.92 bits per heavy atom. The highest BCUT2D eigenvalue weighted by Crippen LogP contribution is 2.25. The number of anilines is 2. The number of hydrogen-bond donors (Lipinski definition) is 1. The normalized spacial score (nSPS) is 19.4. The standard InChI is InChI=1S/C15H19ClN4O2S3/c1-10-3-4-11(7-13(10)16)17-14-18-20(15(23)24-14)9-19(2)12-5-6-25(21,22)8-12/h3-4,7,12H,5-6,8-9H2,1-2H3,(H,17,18). The van der Waals surface area contributed by atoms with Crippen LogP contribution in [0, 0.1) is 10.9 Å². The molecule has 1 unspecified atom stereocenters. The monoisotopic (exact) mass is 418 g/mol. The van der Waals surface area contributed by atoms with Gasteiger partial charge in [0.15, 0.2) is 13.8 Å². The summed E-state index contributed by atoms with van der Waals surface area (Å²) in [5.74, 6) is 0.458. The van der Waals surface area contributed by atoms with Gasteiger partial charge < -0.3 is 5.32 Å². The second-order valence-electron chi connectivity index (χ2n) is 6.22. The largest absolute Gasteiger partial charge is 0.330 e. The first-order valence-electron chi connectivity index (χ1n) is 7.75. The zero-order valence-electron chi connectivity index (χ0n) is 13.9. The molecule has 0 aliphatic carbocycles. The second kappa shape index (κ2) is 7.32. The van der Waals surface area contributed by atoms with Crippen LogP contribution < -0.4 is 5.32 Å². The Bertz CT molecular complexity index is 938. The van der Waals surface area contributed by atoms with Crippen molar-refractivity contribution >= 4 is 55.8 Å². The molecule has 0 amide bonds. The Morgan fingerprint density at radius 1 is 1.52 bits per heavy atom. The molecule has 136 valence electrons. The molecular formula is C15H19ClN4O2S3. The van der Waals surface area contributed by atoms with Gasteiger partial charge in [-0.3, -0.25) is 4.90 Å². The van der Waals surface area contributed by atoms with E-state index in [2.05, 4.69) is 10.4 Å². The predicted octanol–water partition coefficient (Wildman–Crippen LogP) is 3.46. The van der Waals surface area contributed by atoms with Crippen LogP contribution in [0.5, 0.6) is 0 Å². The molecule has 6 nitrogen and oxygen atoms in total. The van der Waals surface area contributed by atoms with Gasteiger partial charge in [0, 0.05) is 16.8 Å². The van der Waals surface area contributed by atoms with Crippen molar-refractivity contribution in [1.82, 2.24) is 14.7 Å². The number of rotatable bonds is 5. The van der Waals surface area contributed by atoms with Crippen molar-refractivity contribution in [3.63, 3.8) is 0 Å². The van der Waals surface area contributed by atoms with E-state index in [1.165, 1.54) is 11.3 Å². The summed E-state index contributed by atoms with van der Waals surface area (Å²) < 4.78 is 25.6. The van der Waals surface area contributed by atoms with Gasteiger partial charge >= 0.3 is 0 Å². The van der Waals surface area contributed by atoms with Crippen molar-refractivity contribution in [2.24, 2.45) is 0 Å². The van der Waals surface area contributed by atoms with E-state index in [0.29, 0.717) is 27.2 Å². The summed E-state index contributed by atoms with van der Waals surface area (Å²) in [4.78, 5) is 1.99. The molecule has 1 saturated heterocycles. The predicted molar refractivity (Wildman–Crippen MR) is 105 cm³/mol. The molecule has 3 rings (SSSR count). The summed E-state index contributed by atoms with van der Waals surface area (Å²) in [6.45, 7) is 2.41. The van der Waals surface area contributed by atoms with Gasteiger partial charge in [-0.2, -0.15) is 0 Å². The fraction of sp³-hybridized carbons (Fsp3) is 0.467. The first-order chi connectivity index (χ1) is 11.7. The Morgan fingerprint density at radius 2 is 2.28 bits per heavy atom. The summed E-state index contributed by atoms with van der Waals surface area (Å²) in [6, 6.07) is 5.74. The van der Waals surface area contributed by atoms with Crippen LogP contribution in [0.25, 0.3) is 0 Å². The highest BCUT2D eigenvalue weighted by molar-refractivity contribution is 7.91. The van der Waals surface area contributed by atoms with Crippen molar-refractivity contribution in [3.8, 4) is 0 Å². The van der Waals surface area contributed by atoms with Crippen LogP contribution in [0.4, 0.5) is 10.8 Å². The van der Waals surface area contributed by atoms with Gasteiger partial charge in [0.1, 0.15) is 0 Å². The van der Waals surface area contributed by atoms with E-state index < -0.39 is 9.84 Å². The molecule has 0 saturated carbocycles. The van der Waals surface area contributed by atoms with Crippen molar-refractivity contribution in [2.75, 3.05) is 23.9 Å². The Hall–Kier alpha value is -1.00. The summed E-state index contributed by atoms with van der Waals surface area (Å²) >= 11 is 12.9. The lowest BCUT2D eigenvalue weighted by Gasteiger charge is -2.22. The lowest BCUT2D eigenvalue weighted by atomic mass is 10.2. The van der Waals surface area contributed by atoms with Crippen molar-refractivity contribution < 1.29 is 8.42 Å². The quantitative estimate of drug-likeness (QED) is 0.750. The van der Waals surface area contributed by atoms with Crippen molar-refractivity contribution in [3.05, 3.63) is 32.7 Å². The molecule has 1 aromatic heterocycles. The number of halogens is 1. The van der Waals surface area contributed by atoms with Crippen LogP contribution in [0.2, 0.25) is 5.02 Å². The van der Waals surface area contributed by atoms with Gasteiger partial charge in [-0.1, -0.05) is 29.0 Å². The summed E-state index contributed by atoms with van der Waals surface area (Å²) in [7, 11) is -1.00. The molecule has 1 aliphatic heterocycles. The van der Waals surface area contributed by atoms with Gasteiger partial charge in [0.25, 0.3) is 0 Å². The molecule has 0 radical (unpaired) electrons. The number of aryl methyl sites for hydroxylation is 1. The fourth-order valence-corrected chi connectivity index (χ4v) is 5.69. The molecule has 1 aromatic carbocycles. The zero-order valence-corrected chi connectivity index (χ0v) is 17.1. The lowest BCUT2D eigenvalue weighted by Crippen LogP contribution is -2.34. The van der Waals surface area contributed by atoms with Gasteiger partial charge in [-0.15, -0.1) is 5.10 Å². The maximum atomic E-state index is 11.6. The maximum Gasteiger partial charge on any atom is 0.209 e. The minimum atomic E-state index is -2.91. The van der Waals surface area contributed by atoms with Gasteiger partial charge in [0.05, 0.1) is 18.2 Å². The highest BCUT2D eigenvalue weighted by atomic mass is 35.5. The number of nitrogens with zero attached hydrogens (tertiary/aromatic N) is 3. The minimum Gasteiger partial charge on any atom is -0.330 e. The molecular weight excluding hydrogens is 400 g/mol. The van der Waals surface area contributed by atoms with Crippen LogP contribution >= 0.6 is 35.2 Å². The number of sulfone groups is 1. The molecule has 1 fully saturated rings. The third kappa shape index (κ3) is 4.59. The van der Waals surface area contributed by atoms with Crippen molar-refractivity contribution in [2.45, 2.75) is 26.1 Å². The zero-order chi connectivity index (χ0) is 18.2. The van der Waals surface area contributed by atoms with Crippen LogP contribution in [-0.2, 0) is 16.5 Å². The van der Waals surface area contributed by atoms with Crippen LogP contribution in [0.15, 0.2) is 18.2 Å². The van der Waals surface area contributed by atoms with Crippen LogP contribution in [0.1, 0.15) is 12.0 Å². The second-order valence-corrected chi connectivity index (χ2v) is 10.5. The molecule has 1 aliphatic rings. The summed E-state index contributed by atoms with van der Waals surface area (Å²) in [6.07, 6.45) is 0.656. The van der Waals surface area contributed by atoms with Gasteiger partial charge in [0.2, 0.25) is 5.13 Å². The van der Waals surface area contributed by atoms with Crippen LogP contribution in [-0.4, -0.2) is 47.7 Å². The van der Waals surface area contributed by atoms with E-state index in [0.717, 1.165) is 11.3 Å². The average Bonchev–Trinajstić information content (AvgIpc) is 3.06. The fourth-order valence-electron chi connectivity index (χ4n) is 2.69. The van der Waals surface area contributed by atoms with E-state index in [1.54, 1.807) is 4.68 Å². The topological polar surface area (TPSA) is 67.2 Å². The molecule has 0 bridgehead atoms. The van der Waals surface area contributed by atoms with E-state index in [1.807, 2.05) is 37.1 Å². The molecule has 2 heterocycles. The molecule has 1 N–H and O–H groups in total. The van der Waals surface area contributed by atoms with Gasteiger partial charge in [-0.25, -0.2) is 13.1 Å². The first-order valence-corrected chi connectivity index (χ1v) is 11.2. The summed E-state index contributed by atoms with van der Waals surface area (Å²) in [5, 5.41) is 9.07. The number of nitrogens with one attached hydrogen (secondary N) is 1. The summed E-state index contributed by atoms with van der Waals surface area (Å²) in [5.41, 5.74) is 1.86. The van der Waals surface area contributed by atoms with Gasteiger partial charge in [-0.05, 0) is 50.3 Å². The van der Waals surface area contributed by atoms with E-state index in [9.17, 15) is 8.42 Å². The third-order valence-electron chi connectivity index (χ3n) is 4.22. The van der Waals surface area contributed by atoms with E-state index >= 15 is 0 Å². The Balaban J connectivity index is 1.70. The molecule has 25 heavy (non-hydrogen) atoms. The smallest absolute Gasteiger partial charge is 0.209 e. The number of benzene rings is 1. The average molecular weight is 419 g/mol. The molecule has 10 heteroatoms. The number of aromatic nitrogens is 2. The third-order valence-corrected chi connectivity index (χ3v) is 7.60. The molecule has 2 aromatic rings. The van der Waals surface area contributed by atoms with Crippen LogP contribution in [0.3, 0.4) is 0 Å². The number of hydrogen-bond acceptors (Lipinski definition) is 7. The molecule has 0 spiro atoms. The van der Waals surface area contributed by atoms with Crippen molar-refractivity contribution in [1.29, 1.82) is 0 Å². The Kier molecular flexibility index (Phi) is 5.50. The highest BCUT2D eigenvalue weighted by Gasteiger charge is 2.30. The first kappa shape index (κ1) is 18.8. The van der Waals surface area contributed by atoms with E-state index in [4.69, 9.17) is 23.8 Å². The minimum absolute atomic E-state index is 0.0147. The lowest BCUT2D eigenvalue weighted by molar-refractivity contribution is 0.198.